The fourth-order valence-corrected chi connectivity index (χ4v) is 3.60. The van der Waals surface area contributed by atoms with Crippen molar-refractivity contribution in [2.45, 2.75) is 20.3 Å². The average Bonchev–Trinajstić information content (AvgIpc) is 2.87. The predicted molar refractivity (Wildman–Crippen MR) is 144 cm³/mol. The SMILES string of the molecule is COc1cc(CC(=O)NCCNc2nc(-c3ccc(Cl)cc3)nc(NCCNC(C)=O)c2C)ccc1O. The highest BCUT2D eigenvalue weighted by molar-refractivity contribution is 6.30. The Labute approximate surface area is 220 Å². The molecule has 0 radical (unpaired) electrons. The summed E-state index contributed by atoms with van der Waals surface area (Å²) in [6, 6.07) is 12.1. The number of benzene rings is 2. The van der Waals surface area contributed by atoms with Crippen molar-refractivity contribution in [3.05, 3.63) is 58.6 Å². The molecule has 1 heterocycles. The first kappa shape index (κ1) is 27.5. The summed E-state index contributed by atoms with van der Waals surface area (Å²) in [5, 5.41) is 22.5. The second-order valence-electron chi connectivity index (χ2n) is 8.25. The van der Waals surface area contributed by atoms with Gasteiger partial charge in [-0.3, -0.25) is 9.59 Å². The molecule has 1 aromatic heterocycles. The van der Waals surface area contributed by atoms with Crippen LogP contribution < -0.4 is 26.0 Å². The molecule has 5 N–H and O–H groups in total. The molecule has 0 spiro atoms. The fourth-order valence-electron chi connectivity index (χ4n) is 3.47. The largest absolute Gasteiger partial charge is 0.504 e. The Balaban J connectivity index is 1.64. The third-order valence-electron chi connectivity index (χ3n) is 5.39. The fraction of sp³-hybridized carbons (Fsp3) is 0.308. The molecule has 3 rings (SSSR count). The van der Waals surface area contributed by atoms with Crippen LogP contribution >= 0.6 is 11.6 Å². The van der Waals surface area contributed by atoms with E-state index in [2.05, 4.69) is 31.2 Å². The zero-order valence-electron chi connectivity index (χ0n) is 21.0. The van der Waals surface area contributed by atoms with Gasteiger partial charge in [-0.2, -0.15) is 0 Å². The number of amides is 2. The summed E-state index contributed by atoms with van der Waals surface area (Å²) in [7, 11) is 1.46. The van der Waals surface area contributed by atoms with Crippen LogP contribution in [0.2, 0.25) is 5.02 Å². The van der Waals surface area contributed by atoms with Gasteiger partial charge in [-0.05, 0) is 48.9 Å². The minimum absolute atomic E-state index is 0.0259. The molecule has 0 aliphatic rings. The Morgan fingerprint density at radius 1 is 0.946 bits per heavy atom. The average molecular weight is 527 g/mol. The van der Waals surface area contributed by atoms with Gasteiger partial charge in [0, 0.05) is 49.3 Å². The van der Waals surface area contributed by atoms with Crippen LogP contribution in [-0.4, -0.2) is 60.2 Å². The number of hydrogen-bond donors (Lipinski definition) is 5. The second-order valence-corrected chi connectivity index (χ2v) is 8.68. The molecular formula is C26H31ClN6O4. The van der Waals surface area contributed by atoms with Gasteiger partial charge in [0.1, 0.15) is 11.6 Å². The number of carbonyl (C=O) groups is 2. The van der Waals surface area contributed by atoms with Gasteiger partial charge in [0.05, 0.1) is 13.5 Å². The van der Waals surface area contributed by atoms with Crippen LogP contribution in [0.15, 0.2) is 42.5 Å². The van der Waals surface area contributed by atoms with Gasteiger partial charge in [0.2, 0.25) is 11.8 Å². The summed E-state index contributed by atoms with van der Waals surface area (Å²) >= 11 is 6.03. The van der Waals surface area contributed by atoms with Crippen LogP contribution in [0.3, 0.4) is 0 Å². The number of anilines is 2. The van der Waals surface area contributed by atoms with Crippen LogP contribution in [0, 0.1) is 6.92 Å². The molecule has 37 heavy (non-hydrogen) atoms. The molecule has 0 saturated carbocycles. The van der Waals surface area contributed by atoms with Gasteiger partial charge in [0.25, 0.3) is 0 Å². The maximum absolute atomic E-state index is 12.4. The van der Waals surface area contributed by atoms with Gasteiger partial charge in [-0.1, -0.05) is 17.7 Å². The molecule has 0 unspecified atom stereocenters. The zero-order chi connectivity index (χ0) is 26.8. The van der Waals surface area contributed by atoms with Gasteiger partial charge in [-0.25, -0.2) is 9.97 Å². The Hall–Kier alpha value is -4.05. The first-order valence-electron chi connectivity index (χ1n) is 11.8. The van der Waals surface area contributed by atoms with Crippen molar-refractivity contribution in [1.29, 1.82) is 0 Å². The second kappa shape index (κ2) is 13.3. The quantitative estimate of drug-likeness (QED) is 0.227. The molecule has 10 nitrogen and oxygen atoms in total. The molecule has 0 bridgehead atoms. The Morgan fingerprint density at radius 3 is 2.16 bits per heavy atom. The van der Waals surface area contributed by atoms with Gasteiger partial charge in [0.15, 0.2) is 17.3 Å². The predicted octanol–water partition coefficient (Wildman–Crippen LogP) is 3.14. The smallest absolute Gasteiger partial charge is 0.224 e. The number of carbonyl (C=O) groups excluding carboxylic acids is 2. The minimum atomic E-state index is -0.156. The summed E-state index contributed by atoms with van der Waals surface area (Å²) in [5.74, 6) is 1.87. The third kappa shape index (κ3) is 8.25. The van der Waals surface area contributed by atoms with E-state index in [0.29, 0.717) is 54.4 Å². The Bertz CT molecular complexity index is 1240. The molecule has 196 valence electrons. The molecule has 0 saturated heterocycles. The zero-order valence-corrected chi connectivity index (χ0v) is 21.8. The number of ether oxygens (including phenoxy) is 1. The normalized spacial score (nSPS) is 10.5. The molecule has 0 fully saturated rings. The van der Waals surface area contributed by atoms with Crippen LogP contribution in [0.25, 0.3) is 11.4 Å². The van der Waals surface area contributed by atoms with E-state index in [1.54, 1.807) is 24.3 Å². The number of hydrogen-bond acceptors (Lipinski definition) is 8. The van der Waals surface area contributed by atoms with Gasteiger partial charge >= 0.3 is 0 Å². The molecular weight excluding hydrogens is 496 g/mol. The maximum Gasteiger partial charge on any atom is 0.224 e. The van der Waals surface area contributed by atoms with Crippen molar-refractivity contribution in [3.63, 3.8) is 0 Å². The van der Waals surface area contributed by atoms with Gasteiger partial charge in [-0.15, -0.1) is 0 Å². The van der Waals surface area contributed by atoms with E-state index in [1.807, 2.05) is 19.1 Å². The van der Waals surface area contributed by atoms with E-state index in [0.717, 1.165) is 16.7 Å². The lowest BCUT2D eigenvalue weighted by atomic mass is 10.1. The van der Waals surface area contributed by atoms with E-state index in [-0.39, 0.29) is 24.0 Å². The number of nitrogens with zero attached hydrogens (tertiary/aromatic N) is 2. The van der Waals surface area contributed by atoms with Crippen molar-refractivity contribution in [3.8, 4) is 22.9 Å². The third-order valence-corrected chi connectivity index (χ3v) is 5.64. The maximum atomic E-state index is 12.4. The van der Waals surface area contributed by atoms with Crippen LogP contribution in [0.1, 0.15) is 18.1 Å². The molecule has 0 atom stereocenters. The molecule has 2 aromatic carbocycles. The summed E-state index contributed by atoms with van der Waals surface area (Å²) < 4.78 is 5.09. The highest BCUT2D eigenvalue weighted by Crippen LogP contribution is 2.27. The number of phenols is 1. The highest BCUT2D eigenvalue weighted by Gasteiger charge is 2.13. The molecule has 2 amide bonds. The Morgan fingerprint density at radius 2 is 1.57 bits per heavy atom. The number of phenolic OH excluding ortho intramolecular Hbond substituents is 1. The first-order valence-corrected chi connectivity index (χ1v) is 12.1. The van der Waals surface area contributed by atoms with E-state index in [9.17, 15) is 14.7 Å². The summed E-state index contributed by atoms with van der Waals surface area (Å²) in [4.78, 5) is 32.9. The van der Waals surface area contributed by atoms with Crippen LogP contribution in [-0.2, 0) is 16.0 Å². The molecule has 0 aliphatic heterocycles. The lowest BCUT2D eigenvalue weighted by molar-refractivity contribution is -0.120. The number of rotatable bonds is 12. The molecule has 11 heteroatoms. The lowest BCUT2D eigenvalue weighted by Crippen LogP contribution is -2.30. The van der Waals surface area contributed by atoms with E-state index < -0.39 is 0 Å². The number of methoxy groups -OCH3 is 1. The number of aromatic hydroxyl groups is 1. The van der Waals surface area contributed by atoms with Crippen molar-refractivity contribution in [1.82, 2.24) is 20.6 Å². The molecule has 3 aromatic rings. The van der Waals surface area contributed by atoms with Crippen LogP contribution in [0.4, 0.5) is 11.6 Å². The lowest BCUT2D eigenvalue weighted by Gasteiger charge is -2.16. The minimum Gasteiger partial charge on any atom is -0.504 e. The summed E-state index contributed by atoms with van der Waals surface area (Å²) in [6.07, 6.45) is 0.159. The van der Waals surface area contributed by atoms with E-state index in [4.69, 9.17) is 16.3 Å². The first-order chi connectivity index (χ1) is 17.8. The number of nitrogens with one attached hydrogen (secondary N) is 4. The highest BCUT2D eigenvalue weighted by atomic mass is 35.5. The number of aromatic nitrogens is 2. The van der Waals surface area contributed by atoms with E-state index in [1.165, 1.54) is 20.1 Å². The monoisotopic (exact) mass is 526 g/mol. The van der Waals surface area contributed by atoms with Crippen molar-refractivity contribution in [2.75, 3.05) is 43.9 Å². The number of halogens is 1. The molecule has 0 aliphatic carbocycles. The summed E-state index contributed by atoms with van der Waals surface area (Å²) in [6.45, 7) is 5.13. The van der Waals surface area contributed by atoms with E-state index >= 15 is 0 Å². The topological polar surface area (TPSA) is 138 Å². The summed E-state index contributed by atoms with van der Waals surface area (Å²) in [5.41, 5.74) is 2.34. The van der Waals surface area contributed by atoms with Crippen LogP contribution in [0.5, 0.6) is 11.5 Å². The standard InChI is InChI=1S/C26H31ClN6O4/c1-16-24(30-12-10-28-17(2)34)32-26(19-5-7-20(27)8-6-19)33-25(16)31-13-11-29-23(36)15-18-4-9-21(35)22(14-18)37-3/h4-9,14,35H,10-13,15H2,1-3H3,(H,28,34)(H,29,36)(H2,30,31,32,33). The van der Waals surface area contributed by atoms with Crippen molar-refractivity contribution >= 4 is 35.1 Å². The van der Waals surface area contributed by atoms with Crippen molar-refractivity contribution < 1.29 is 19.4 Å². The van der Waals surface area contributed by atoms with Crippen molar-refractivity contribution in [2.24, 2.45) is 0 Å². The Kier molecular flexibility index (Phi) is 9.91. The van der Waals surface area contributed by atoms with Gasteiger partial charge < -0.3 is 31.1 Å².